The first-order valence-corrected chi connectivity index (χ1v) is 7.65. The summed E-state index contributed by atoms with van der Waals surface area (Å²) < 4.78 is 5.37. The van der Waals surface area contributed by atoms with Crippen molar-refractivity contribution in [2.45, 2.75) is 59.1 Å². The van der Waals surface area contributed by atoms with Gasteiger partial charge < -0.3 is 9.64 Å². The molecule has 1 fully saturated rings. The number of ether oxygens (including phenoxy) is 1. The fourth-order valence-corrected chi connectivity index (χ4v) is 2.76. The molecule has 0 radical (unpaired) electrons. The van der Waals surface area contributed by atoms with E-state index in [9.17, 15) is 14.4 Å². The third-order valence-electron chi connectivity index (χ3n) is 4.06. The summed E-state index contributed by atoms with van der Waals surface area (Å²) in [6.07, 6.45) is 1.08. The zero-order valence-corrected chi connectivity index (χ0v) is 13.9. The molecule has 1 saturated heterocycles. The van der Waals surface area contributed by atoms with Gasteiger partial charge in [0.1, 0.15) is 5.60 Å². The first-order valence-electron chi connectivity index (χ1n) is 7.65. The second kappa shape index (κ2) is 5.74. The maximum atomic E-state index is 12.2. The second-order valence-electron chi connectivity index (χ2n) is 6.95. The molecule has 6 nitrogen and oxygen atoms in total. The first kappa shape index (κ1) is 16.5. The minimum atomic E-state index is -0.557. The lowest BCUT2D eigenvalue weighted by molar-refractivity contribution is -0.141. The smallest absolute Gasteiger partial charge is 0.410 e. The largest absolute Gasteiger partial charge is 0.444 e. The van der Waals surface area contributed by atoms with Gasteiger partial charge in [0.25, 0.3) is 11.8 Å². The molecule has 0 aliphatic carbocycles. The molecule has 0 saturated carbocycles. The SMILES string of the molecule is CC1=C(C)C(=O)N([C@H]2CCCN(C(=O)OC(C)(C)C)C2)C1=O. The van der Waals surface area contributed by atoms with Crippen molar-refractivity contribution < 1.29 is 19.1 Å². The summed E-state index contributed by atoms with van der Waals surface area (Å²) in [5.74, 6) is -0.475. The highest BCUT2D eigenvalue weighted by molar-refractivity contribution is 6.19. The fourth-order valence-electron chi connectivity index (χ4n) is 2.76. The van der Waals surface area contributed by atoms with E-state index in [1.165, 1.54) is 4.90 Å². The molecule has 2 rings (SSSR count). The lowest BCUT2D eigenvalue weighted by Gasteiger charge is -2.37. The summed E-state index contributed by atoms with van der Waals surface area (Å²) in [5.41, 5.74) is 0.441. The standard InChI is InChI=1S/C16H24N2O4/c1-10-11(2)14(20)18(13(10)19)12-7-6-8-17(9-12)15(21)22-16(3,4)5/h12H,6-9H2,1-5H3/t12-/m0/s1. The Morgan fingerprint density at radius 1 is 1.14 bits per heavy atom. The number of imide groups is 1. The number of piperidine rings is 1. The van der Waals surface area contributed by atoms with E-state index < -0.39 is 11.7 Å². The van der Waals surface area contributed by atoms with Crippen LogP contribution in [0.4, 0.5) is 4.79 Å². The second-order valence-corrected chi connectivity index (χ2v) is 6.95. The van der Waals surface area contributed by atoms with Crippen molar-refractivity contribution in [2.75, 3.05) is 13.1 Å². The molecule has 2 aliphatic heterocycles. The Morgan fingerprint density at radius 2 is 1.68 bits per heavy atom. The quantitative estimate of drug-likeness (QED) is 0.696. The molecule has 6 heteroatoms. The number of likely N-dealkylation sites (tertiary alicyclic amines) is 1. The molecular formula is C16H24N2O4. The van der Waals surface area contributed by atoms with Crippen LogP contribution in [0.2, 0.25) is 0 Å². The molecule has 0 aromatic heterocycles. The molecule has 0 spiro atoms. The van der Waals surface area contributed by atoms with Gasteiger partial charge in [0.15, 0.2) is 0 Å². The highest BCUT2D eigenvalue weighted by Gasteiger charge is 2.40. The van der Waals surface area contributed by atoms with Crippen LogP contribution in [-0.4, -0.2) is 52.4 Å². The molecule has 2 heterocycles. The van der Waals surface area contributed by atoms with Crippen LogP contribution in [0.3, 0.4) is 0 Å². The topological polar surface area (TPSA) is 66.9 Å². The number of hydrogen-bond donors (Lipinski definition) is 0. The van der Waals surface area contributed by atoms with Crippen molar-refractivity contribution in [3.63, 3.8) is 0 Å². The van der Waals surface area contributed by atoms with E-state index in [4.69, 9.17) is 4.74 Å². The van der Waals surface area contributed by atoms with Crippen molar-refractivity contribution in [2.24, 2.45) is 0 Å². The predicted molar refractivity (Wildman–Crippen MR) is 81.1 cm³/mol. The van der Waals surface area contributed by atoms with E-state index in [-0.39, 0.29) is 17.9 Å². The van der Waals surface area contributed by atoms with Gasteiger partial charge in [-0.25, -0.2) is 4.79 Å². The van der Waals surface area contributed by atoms with Gasteiger partial charge in [0.2, 0.25) is 0 Å². The predicted octanol–water partition coefficient (Wildman–Crippen LogP) is 2.09. The Hall–Kier alpha value is -1.85. The lowest BCUT2D eigenvalue weighted by atomic mass is 10.0. The summed E-state index contributed by atoms with van der Waals surface area (Å²) in [6, 6.07) is -0.270. The van der Waals surface area contributed by atoms with E-state index in [0.717, 1.165) is 12.8 Å². The van der Waals surface area contributed by atoms with Gasteiger partial charge in [-0.3, -0.25) is 14.5 Å². The number of carbonyl (C=O) groups excluding carboxylic acids is 3. The van der Waals surface area contributed by atoms with E-state index >= 15 is 0 Å². The van der Waals surface area contributed by atoms with Crippen LogP contribution in [0.1, 0.15) is 47.5 Å². The minimum absolute atomic E-state index is 0.237. The van der Waals surface area contributed by atoms with Crippen LogP contribution in [0, 0.1) is 0 Å². The number of carbonyl (C=O) groups is 3. The van der Waals surface area contributed by atoms with Crippen LogP contribution in [0.25, 0.3) is 0 Å². The third kappa shape index (κ3) is 3.15. The number of rotatable bonds is 1. The van der Waals surface area contributed by atoms with Crippen LogP contribution >= 0.6 is 0 Å². The average molecular weight is 308 g/mol. The van der Waals surface area contributed by atoms with Crippen LogP contribution in [0.15, 0.2) is 11.1 Å². The Kier molecular flexibility index (Phi) is 4.31. The summed E-state index contributed by atoms with van der Waals surface area (Å²) in [6.45, 7) is 9.72. The molecular weight excluding hydrogens is 284 g/mol. The van der Waals surface area contributed by atoms with Gasteiger partial charge in [-0.1, -0.05) is 0 Å². The number of hydrogen-bond acceptors (Lipinski definition) is 4. The van der Waals surface area contributed by atoms with Gasteiger partial charge in [-0.15, -0.1) is 0 Å². The zero-order chi connectivity index (χ0) is 16.7. The maximum Gasteiger partial charge on any atom is 0.410 e. The highest BCUT2D eigenvalue weighted by Crippen LogP contribution is 2.27. The monoisotopic (exact) mass is 308 g/mol. The fraction of sp³-hybridized carbons (Fsp3) is 0.688. The summed E-state index contributed by atoms with van der Waals surface area (Å²) in [5, 5.41) is 0. The molecule has 0 aromatic rings. The highest BCUT2D eigenvalue weighted by atomic mass is 16.6. The van der Waals surface area contributed by atoms with Crippen molar-refractivity contribution in [1.82, 2.24) is 9.80 Å². The van der Waals surface area contributed by atoms with Crippen molar-refractivity contribution >= 4 is 17.9 Å². The van der Waals surface area contributed by atoms with E-state index in [2.05, 4.69) is 0 Å². The molecule has 3 amide bonds. The molecule has 122 valence electrons. The van der Waals surface area contributed by atoms with E-state index in [1.807, 2.05) is 20.8 Å². The minimum Gasteiger partial charge on any atom is -0.444 e. The Balaban J connectivity index is 2.08. The van der Waals surface area contributed by atoms with E-state index in [1.54, 1.807) is 18.7 Å². The maximum absolute atomic E-state index is 12.2. The van der Waals surface area contributed by atoms with Crippen LogP contribution in [0.5, 0.6) is 0 Å². The third-order valence-corrected chi connectivity index (χ3v) is 4.06. The van der Waals surface area contributed by atoms with Gasteiger partial charge in [0.05, 0.1) is 6.04 Å². The first-order chi connectivity index (χ1) is 10.1. The summed E-state index contributed by atoms with van der Waals surface area (Å²) in [4.78, 5) is 39.6. The molecule has 0 unspecified atom stereocenters. The van der Waals surface area contributed by atoms with Gasteiger partial charge in [0, 0.05) is 24.2 Å². The van der Waals surface area contributed by atoms with Gasteiger partial charge >= 0.3 is 6.09 Å². The van der Waals surface area contributed by atoms with Crippen LogP contribution in [-0.2, 0) is 14.3 Å². The van der Waals surface area contributed by atoms with Crippen LogP contribution < -0.4 is 0 Å². The van der Waals surface area contributed by atoms with Gasteiger partial charge in [-0.05, 0) is 47.5 Å². The Morgan fingerprint density at radius 3 is 2.18 bits per heavy atom. The molecule has 0 aromatic carbocycles. The molecule has 0 N–H and O–H groups in total. The Bertz CT molecular complexity index is 521. The molecule has 1 atom stereocenters. The average Bonchev–Trinajstić information content (AvgIpc) is 2.61. The molecule has 22 heavy (non-hydrogen) atoms. The van der Waals surface area contributed by atoms with Crippen molar-refractivity contribution in [1.29, 1.82) is 0 Å². The van der Waals surface area contributed by atoms with E-state index in [0.29, 0.717) is 24.2 Å². The molecule has 0 bridgehead atoms. The molecule has 2 aliphatic rings. The van der Waals surface area contributed by atoms with Gasteiger partial charge in [-0.2, -0.15) is 0 Å². The normalized spacial score (nSPS) is 23.4. The van der Waals surface area contributed by atoms with Crippen molar-refractivity contribution in [3.05, 3.63) is 11.1 Å². The summed E-state index contributed by atoms with van der Waals surface area (Å²) >= 11 is 0. The number of nitrogens with zero attached hydrogens (tertiary/aromatic N) is 2. The lowest BCUT2D eigenvalue weighted by Crippen LogP contribution is -2.52. The summed E-state index contributed by atoms with van der Waals surface area (Å²) in [7, 11) is 0. The van der Waals surface area contributed by atoms with Crippen molar-refractivity contribution in [3.8, 4) is 0 Å². The Labute approximate surface area is 131 Å². The zero-order valence-electron chi connectivity index (χ0n) is 13.9. The number of amides is 3.